The molecule has 0 radical (unpaired) electrons. The van der Waals surface area contributed by atoms with E-state index >= 15 is 0 Å². The Morgan fingerprint density at radius 3 is 2.68 bits per heavy atom. The minimum Gasteiger partial charge on any atom is -0.445 e. The Balaban J connectivity index is 1.69. The van der Waals surface area contributed by atoms with Gasteiger partial charge in [0.2, 0.25) is 5.91 Å². The molecule has 2 N–H and O–H groups in total. The molecule has 0 saturated carbocycles. The number of alkyl halides is 1. The van der Waals surface area contributed by atoms with Crippen LogP contribution in [0.2, 0.25) is 0 Å². The lowest BCUT2D eigenvalue weighted by Crippen LogP contribution is -2.55. The van der Waals surface area contributed by atoms with Crippen molar-refractivity contribution < 1.29 is 18.7 Å². The van der Waals surface area contributed by atoms with Crippen molar-refractivity contribution in [3.05, 3.63) is 35.9 Å². The van der Waals surface area contributed by atoms with Crippen molar-refractivity contribution in [2.24, 2.45) is 0 Å². The first-order valence-corrected chi connectivity index (χ1v) is 8.50. The molecule has 6 nitrogen and oxygen atoms in total. The number of hydrogen-bond donors (Lipinski definition) is 2. The largest absolute Gasteiger partial charge is 0.445 e. The van der Waals surface area contributed by atoms with E-state index in [0.29, 0.717) is 32.6 Å². The molecular formula is C18H26FN3O3. The third kappa shape index (κ3) is 6.34. The highest BCUT2D eigenvalue weighted by Crippen LogP contribution is 2.11. The Morgan fingerprint density at radius 2 is 2.04 bits per heavy atom. The van der Waals surface area contributed by atoms with Gasteiger partial charge in [0, 0.05) is 26.2 Å². The fourth-order valence-electron chi connectivity index (χ4n) is 2.61. The summed E-state index contributed by atoms with van der Waals surface area (Å²) in [7, 11) is 0. The Bertz CT molecular complexity index is 580. The van der Waals surface area contributed by atoms with E-state index in [1.54, 1.807) is 13.8 Å². The molecule has 25 heavy (non-hydrogen) atoms. The summed E-state index contributed by atoms with van der Waals surface area (Å²) in [5, 5.41) is 5.34. The van der Waals surface area contributed by atoms with E-state index in [1.807, 2.05) is 35.2 Å². The van der Waals surface area contributed by atoms with Gasteiger partial charge >= 0.3 is 6.09 Å². The van der Waals surface area contributed by atoms with Gasteiger partial charge in [-0.3, -0.25) is 9.69 Å². The summed E-state index contributed by atoms with van der Waals surface area (Å²) in [6.07, 6.45) is -0.870. The maximum absolute atomic E-state index is 13.1. The quantitative estimate of drug-likeness (QED) is 0.787. The summed E-state index contributed by atoms with van der Waals surface area (Å²) in [4.78, 5) is 26.1. The number of halogens is 1. The van der Waals surface area contributed by atoms with E-state index in [4.69, 9.17) is 4.74 Å². The Hall–Kier alpha value is -2.15. The summed E-state index contributed by atoms with van der Waals surface area (Å²) >= 11 is 0. The third-order valence-corrected chi connectivity index (χ3v) is 4.12. The van der Waals surface area contributed by atoms with E-state index in [-0.39, 0.29) is 12.5 Å². The van der Waals surface area contributed by atoms with E-state index in [2.05, 4.69) is 10.6 Å². The second-order valence-corrected chi connectivity index (χ2v) is 6.75. The zero-order chi connectivity index (χ0) is 18.3. The smallest absolute Gasteiger partial charge is 0.408 e. The van der Waals surface area contributed by atoms with Crippen LogP contribution in [-0.4, -0.2) is 54.8 Å². The number of nitrogens with zero attached hydrogens (tertiary/aromatic N) is 1. The zero-order valence-corrected chi connectivity index (χ0v) is 14.8. The molecule has 1 aliphatic rings. The minimum atomic E-state index is -1.10. The lowest BCUT2D eigenvalue weighted by Gasteiger charge is -2.25. The number of rotatable bonds is 7. The molecule has 2 rings (SSSR count). The van der Waals surface area contributed by atoms with Crippen LogP contribution in [0.5, 0.6) is 0 Å². The van der Waals surface area contributed by atoms with E-state index in [0.717, 1.165) is 5.56 Å². The maximum Gasteiger partial charge on any atom is 0.408 e. The highest BCUT2D eigenvalue weighted by molar-refractivity contribution is 5.89. The Labute approximate surface area is 147 Å². The molecule has 0 aliphatic carbocycles. The van der Waals surface area contributed by atoms with Crippen molar-refractivity contribution in [1.29, 1.82) is 0 Å². The van der Waals surface area contributed by atoms with Gasteiger partial charge in [0.25, 0.3) is 0 Å². The van der Waals surface area contributed by atoms with Gasteiger partial charge in [-0.05, 0) is 25.8 Å². The number of hydrogen-bond acceptors (Lipinski definition) is 4. The molecule has 0 unspecified atom stereocenters. The summed E-state index contributed by atoms with van der Waals surface area (Å²) in [5.41, 5.74) is -0.224. The van der Waals surface area contributed by atoms with Gasteiger partial charge in [-0.25, -0.2) is 9.18 Å². The summed E-state index contributed by atoms with van der Waals surface area (Å²) in [5.74, 6) is -0.305. The van der Waals surface area contributed by atoms with E-state index in [1.165, 1.54) is 0 Å². The third-order valence-electron chi connectivity index (χ3n) is 4.12. The van der Waals surface area contributed by atoms with Gasteiger partial charge in [0.1, 0.15) is 18.3 Å². The Morgan fingerprint density at radius 1 is 1.32 bits per heavy atom. The second-order valence-electron chi connectivity index (χ2n) is 6.75. The first-order valence-electron chi connectivity index (χ1n) is 8.50. The number of likely N-dealkylation sites (tertiary alicyclic amines) is 1. The molecule has 7 heteroatoms. The molecule has 1 heterocycles. The van der Waals surface area contributed by atoms with Crippen LogP contribution in [0.3, 0.4) is 0 Å². The first kappa shape index (κ1) is 19.2. The van der Waals surface area contributed by atoms with Gasteiger partial charge in [0.15, 0.2) is 0 Å². The van der Waals surface area contributed by atoms with Gasteiger partial charge < -0.3 is 15.4 Å². The predicted molar refractivity (Wildman–Crippen MR) is 92.8 cm³/mol. The van der Waals surface area contributed by atoms with Crippen LogP contribution in [0.4, 0.5) is 9.18 Å². The molecule has 1 fully saturated rings. The second kappa shape index (κ2) is 8.80. The molecule has 0 spiro atoms. The van der Waals surface area contributed by atoms with Gasteiger partial charge in [0.05, 0.1) is 0 Å². The number of ether oxygens (including phenoxy) is 1. The number of carbonyl (C=O) groups is 2. The van der Waals surface area contributed by atoms with Crippen LogP contribution in [0, 0.1) is 0 Å². The number of alkyl carbamates (subject to hydrolysis) is 1. The first-order chi connectivity index (χ1) is 11.9. The van der Waals surface area contributed by atoms with Gasteiger partial charge in [-0.1, -0.05) is 30.3 Å². The number of benzene rings is 1. The van der Waals surface area contributed by atoms with Crippen molar-refractivity contribution in [3.63, 3.8) is 0 Å². The zero-order valence-electron chi connectivity index (χ0n) is 14.8. The molecule has 1 aromatic carbocycles. The van der Waals surface area contributed by atoms with Crippen LogP contribution >= 0.6 is 0 Å². The highest BCUT2D eigenvalue weighted by atomic mass is 19.1. The molecule has 1 aromatic rings. The fourth-order valence-corrected chi connectivity index (χ4v) is 2.61. The Kier molecular flexibility index (Phi) is 6.75. The van der Waals surface area contributed by atoms with E-state index < -0.39 is 17.8 Å². The number of nitrogens with one attached hydrogen (secondary N) is 2. The number of carbonyl (C=O) groups excluding carboxylic acids is 2. The van der Waals surface area contributed by atoms with Crippen molar-refractivity contribution in [1.82, 2.24) is 15.5 Å². The molecule has 2 amide bonds. The van der Waals surface area contributed by atoms with Crippen LogP contribution in [0.15, 0.2) is 30.3 Å². The van der Waals surface area contributed by atoms with Crippen LogP contribution < -0.4 is 10.6 Å². The van der Waals surface area contributed by atoms with Crippen molar-refractivity contribution in [2.45, 2.75) is 38.6 Å². The lowest BCUT2D eigenvalue weighted by atomic mass is 10.1. The number of amides is 2. The van der Waals surface area contributed by atoms with Gasteiger partial charge in [-0.15, -0.1) is 0 Å². The summed E-state index contributed by atoms with van der Waals surface area (Å²) < 4.78 is 18.2. The standard InChI is InChI=1S/C18H26FN3O3/c1-18(2,16(23)20-9-11-22-10-8-15(19)12-22)21-17(24)25-13-14-6-4-3-5-7-14/h3-7,15H,8-13H2,1-2H3,(H,20,23)(H,21,24)/t15-/m1/s1. The molecule has 138 valence electrons. The minimum absolute atomic E-state index is 0.143. The van der Waals surface area contributed by atoms with Crippen LogP contribution in [-0.2, 0) is 16.1 Å². The van der Waals surface area contributed by atoms with Crippen LogP contribution in [0.1, 0.15) is 25.8 Å². The van der Waals surface area contributed by atoms with Crippen molar-refractivity contribution in [2.75, 3.05) is 26.2 Å². The predicted octanol–water partition coefficient (Wildman–Crippen LogP) is 1.85. The molecule has 1 aliphatic heterocycles. The monoisotopic (exact) mass is 351 g/mol. The average Bonchev–Trinajstić information content (AvgIpc) is 2.99. The normalized spacial score (nSPS) is 18.0. The lowest BCUT2D eigenvalue weighted by molar-refractivity contribution is -0.126. The van der Waals surface area contributed by atoms with Crippen molar-refractivity contribution in [3.8, 4) is 0 Å². The highest BCUT2D eigenvalue weighted by Gasteiger charge is 2.30. The molecule has 0 aromatic heterocycles. The summed E-state index contributed by atoms with van der Waals surface area (Å²) in [6.45, 7) is 5.51. The maximum atomic E-state index is 13.1. The van der Waals surface area contributed by atoms with E-state index in [9.17, 15) is 14.0 Å². The SMILES string of the molecule is CC(C)(NC(=O)OCc1ccccc1)C(=O)NCCN1CC[C@@H](F)C1. The van der Waals surface area contributed by atoms with Crippen molar-refractivity contribution >= 4 is 12.0 Å². The van der Waals surface area contributed by atoms with Gasteiger partial charge in [-0.2, -0.15) is 0 Å². The fraction of sp³-hybridized carbons (Fsp3) is 0.556. The molecule has 0 bridgehead atoms. The molecular weight excluding hydrogens is 325 g/mol. The summed E-state index contributed by atoms with van der Waals surface area (Å²) in [6, 6.07) is 9.31. The topological polar surface area (TPSA) is 70.7 Å². The molecule has 1 atom stereocenters. The van der Waals surface area contributed by atoms with Crippen LogP contribution in [0.25, 0.3) is 0 Å². The average molecular weight is 351 g/mol. The molecule has 1 saturated heterocycles.